The van der Waals surface area contributed by atoms with E-state index in [9.17, 15) is 35.5 Å². The minimum absolute atomic E-state index is 0.0515. The van der Waals surface area contributed by atoms with Crippen molar-refractivity contribution in [3.8, 4) is 22.8 Å². The fraction of sp³-hybridized carbons (Fsp3) is 0.130. The fourth-order valence-electron chi connectivity index (χ4n) is 3.36. The molecular formula is C23H16ClF5N4O4S2. The highest BCUT2D eigenvalue weighted by Crippen LogP contribution is 2.38. The van der Waals surface area contributed by atoms with Gasteiger partial charge in [-0.3, -0.25) is 4.72 Å². The Morgan fingerprint density at radius 3 is 2.56 bits per heavy atom. The molecule has 0 fully saturated rings. The number of methoxy groups -OCH3 is 1. The smallest absolute Gasteiger partial charge is 0.418 e. The number of alkyl halides is 3. The molecule has 0 saturated carbocycles. The molecule has 2 aromatic heterocycles. The van der Waals surface area contributed by atoms with Gasteiger partial charge in [0.15, 0.2) is 21.7 Å². The van der Waals surface area contributed by atoms with Crippen LogP contribution in [0.5, 0.6) is 11.5 Å². The van der Waals surface area contributed by atoms with Crippen molar-refractivity contribution >= 4 is 43.8 Å². The zero-order chi connectivity index (χ0) is 28.5. The Hall–Kier alpha value is -3.69. The molecule has 3 N–H and O–H groups in total. The van der Waals surface area contributed by atoms with Gasteiger partial charge in [0.05, 0.1) is 29.6 Å². The van der Waals surface area contributed by atoms with Gasteiger partial charge in [0.2, 0.25) is 5.13 Å². The number of benzene rings is 2. The Morgan fingerprint density at radius 2 is 1.90 bits per heavy atom. The standard InChI is InChI=1S/C23H16ClF5N4O4S2/c1-37-17-4-2-3-12(20(17)34)9-30-16-10-31-18(8-13(16)23(27,28)29)39(35,36)33-22-32-19(21(26)38-22)11-5-6-15(25)14(24)7-11/h2-8,10,30,34H,9H2,1H3,(H,32,33). The van der Waals surface area contributed by atoms with E-state index in [0.717, 1.165) is 12.1 Å². The van der Waals surface area contributed by atoms with Crippen molar-refractivity contribution in [2.45, 2.75) is 17.7 Å². The molecule has 0 spiro atoms. The number of aromatic nitrogens is 2. The number of aromatic hydroxyl groups is 1. The van der Waals surface area contributed by atoms with Gasteiger partial charge in [0, 0.05) is 17.7 Å². The highest BCUT2D eigenvalue weighted by atomic mass is 35.5. The summed E-state index contributed by atoms with van der Waals surface area (Å²) in [5, 5.41) is 9.87. The van der Waals surface area contributed by atoms with Crippen molar-refractivity contribution < 1.29 is 40.2 Å². The van der Waals surface area contributed by atoms with Crippen molar-refractivity contribution in [2.24, 2.45) is 0 Å². The number of sulfonamides is 1. The number of anilines is 2. The maximum absolute atomic E-state index is 14.5. The van der Waals surface area contributed by atoms with Crippen LogP contribution >= 0.6 is 22.9 Å². The van der Waals surface area contributed by atoms with Gasteiger partial charge >= 0.3 is 6.18 Å². The lowest BCUT2D eigenvalue weighted by molar-refractivity contribution is -0.137. The third-order valence-electron chi connectivity index (χ3n) is 5.23. The third kappa shape index (κ3) is 6.15. The number of nitrogens with zero attached hydrogens (tertiary/aromatic N) is 2. The number of phenols is 1. The molecule has 0 aliphatic heterocycles. The van der Waals surface area contributed by atoms with Crippen molar-refractivity contribution in [1.82, 2.24) is 9.97 Å². The van der Waals surface area contributed by atoms with Crippen LogP contribution in [0.4, 0.5) is 32.8 Å². The van der Waals surface area contributed by atoms with Crippen LogP contribution in [-0.4, -0.2) is 30.6 Å². The van der Waals surface area contributed by atoms with Crippen molar-refractivity contribution in [1.29, 1.82) is 0 Å². The minimum atomic E-state index is -4.99. The van der Waals surface area contributed by atoms with E-state index in [4.69, 9.17) is 16.3 Å². The zero-order valence-corrected chi connectivity index (χ0v) is 21.9. The van der Waals surface area contributed by atoms with E-state index in [1.54, 1.807) is 0 Å². The Balaban J connectivity index is 1.61. The minimum Gasteiger partial charge on any atom is -0.504 e. The maximum Gasteiger partial charge on any atom is 0.418 e. The topological polar surface area (TPSA) is 113 Å². The number of ether oxygens (including phenoxy) is 1. The summed E-state index contributed by atoms with van der Waals surface area (Å²) in [5.74, 6) is -0.933. The number of hydrogen-bond acceptors (Lipinski definition) is 8. The van der Waals surface area contributed by atoms with Crippen molar-refractivity contribution in [2.75, 3.05) is 17.1 Å². The van der Waals surface area contributed by atoms with E-state index in [1.807, 2.05) is 4.72 Å². The molecule has 4 rings (SSSR count). The van der Waals surface area contributed by atoms with E-state index < -0.39 is 48.6 Å². The number of phenolic OH excluding ortho intramolecular Hbond substituents is 1. The number of thiazole rings is 1. The monoisotopic (exact) mass is 606 g/mol. The summed E-state index contributed by atoms with van der Waals surface area (Å²) in [6, 6.07) is 7.97. The molecule has 16 heteroatoms. The molecule has 2 heterocycles. The molecule has 0 saturated heterocycles. The molecule has 8 nitrogen and oxygen atoms in total. The second-order valence-corrected chi connectivity index (χ2v) is 10.7. The molecule has 0 unspecified atom stereocenters. The molecule has 2 aromatic carbocycles. The highest BCUT2D eigenvalue weighted by Gasteiger charge is 2.36. The number of pyridine rings is 1. The Labute approximate surface area is 227 Å². The largest absolute Gasteiger partial charge is 0.504 e. The maximum atomic E-state index is 14.5. The molecule has 0 aliphatic carbocycles. The lowest BCUT2D eigenvalue weighted by Gasteiger charge is -2.16. The van der Waals surface area contributed by atoms with Gasteiger partial charge < -0.3 is 15.2 Å². The lowest BCUT2D eigenvalue weighted by Crippen LogP contribution is -2.18. The van der Waals surface area contributed by atoms with E-state index in [-0.39, 0.29) is 51.2 Å². The highest BCUT2D eigenvalue weighted by molar-refractivity contribution is 7.92. The number of halogens is 6. The van der Waals surface area contributed by atoms with E-state index in [2.05, 4.69) is 15.3 Å². The molecule has 206 valence electrons. The van der Waals surface area contributed by atoms with Crippen LogP contribution in [0, 0.1) is 10.9 Å². The average Bonchev–Trinajstić information content (AvgIpc) is 3.23. The molecule has 0 aliphatic rings. The van der Waals surface area contributed by atoms with Gasteiger partial charge in [0.1, 0.15) is 11.5 Å². The summed E-state index contributed by atoms with van der Waals surface area (Å²) in [4.78, 5) is 7.43. The van der Waals surface area contributed by atoms with Crippen LogP contribution in [0.1, 0.15) is 11.1 Å². The summed E-state index contributed by atoms with van der Waals surface area (Å²) in [7, 11) is -3.44. The normalized spacial score (nSPS) is 11.9. The molecular weight excluding hydrogens is 591 g/mol. The summed E-state index contributed by atoms with van der Waals surface area (Å²) in [6.07, 6.45) is -4.32. The second-order valence-electron chi connectivity index (χ2n) is 7.76. The summed E-state index contributed by atoms with van der Waals surface area (Å²) >= 11 is 5.96. The number of hydrogen-bond donors (Lipinski definition) is 3. The Bertz CT molecular complexity index is 1650. The van der Waals surface area contributed by atoms with E-state index in [1.165, 1.54) is 31.4 Å². The Morgan fingerprint density at radius 1 is 1.15 bits per heavy atom. The van der Waals surface area contributed by atoms with Crippen molar-refractivity contribution in [3.05, 3.63) is 75.8 Å². The lowest BCUT2D eigenvalue weighted by atomic mass is 10.1. The second kappa shape index (κ2) is 10.8. The van der Waals surface area contributed by atoms with Crippen LogP contribution in [0.15, 0.2) is 53.7 Å². The third-order valence-corrected chi connectivity index (χ3v) is 7.65. The summed E-state index contributed by atoms with van der Waals surface area (Å²) in [5.41, 5.74) is -1.99. The number of para-hydroxylation sites is 1. The molecule has 0 atom stereocenters. The van der Waals surface area contributed by atoms with Gasteiger partial charge in [-0.25, -0.2) is 14.4 Å². The zero-order valence-electron chi connectivity index (χ0n) is 19.5. The quantitative estimate of drug-likeness (QED) is 0.202. The van der Waals surface area contributed by atoms with Crippen LogP contribution in [0.2, 0.25) is 5.02 Å². The molecule has 39 heavy (non-hydrogen) atoms. The number of rotatable bonds is 8. The first-order chi connectivity index (χ1) is 18.3. The van der Waals surface area contributed by atoms with Gasteiger partial charge in [0.25, 0.3) is 10.0 Å². The van der Waals surface area contributed by atoms with E-state index >= 15 is 0 Å². The summed E-state index contributed by atoms with van der Waals surface area (Å²) in [6.45, 7) is -0.271. The SMILES string of the molecule is COc1cccc(CNc2cnc(S(=O)(=O)Nc3nc(-c4ccc(F)c(Cl)c4)c(F)s3)cc2C(F)(F)F)c1O. The van der Waals surface area contributed by atoms with Gasteiger partial charge in [-0.1, -0.05) is 35.1 Å². The van der Waals surface area contributed by atoms with Crippen LogP contribution in [0.25, 0.3) is 11.3 Å². The first-order valence-electron chi connectivity index (χ1n) is 10.6. The van der Waals surface area contributed by atoms with Crippen molar-refractivity contribution in [3.63, 3.8) is 0 Å². The Kier molecular flexibility index (Phi) is 7.86. The first kappa shape index (κ1) is 28.3. The molecule has 0 amide bonds. The molecule has 0 radical (unpaired) electrons. The first-order valence-corrected chi connectivity index (χ1v) is 13.3. The van der Waals surface area contributed by atoms with Gasteiger partial charge in [-0.15, -0.1) is 0 Å². The number of nitrogens with one attached hydrogen (secondary N) is 2. The molecule has 0 bridgehead atoms. The van der Waals surface area contributed by atoms with E-state index in [0.29, 0.717) is 12.3 Å². The van der Waals surface area contributed by atoms with Crippen LogP contribution < -0.4 is 14.8 Å². The van der Waals surface area contributed by atoms with Crippen LogP contribution in [0.3, 0.4) is 0 Å². The summed E-state index contributed by atoms with van der Waals surface area (Å²) < 4.78 is 102. The predicted molar refractivity (Wildman–Crippen MR) is 135 cm³/mol. The van der Waals surface area contributed by atoms with Crippen LogP contribution in [-0.2, 0) is 22.7 Å². The predicted octanol–water partition coefficient (Wildman–Crippen LogP) is 6.28. The average molecular weight is 607 g/mol. The van der Waals surface area contributed by atoms with Gasteiger partial charge in [-0.2, -0.15) is 26.0 Å². The van der Waals surface area contributed by atoms with Gasteiger partial charge in [-0.05, 0) is 30.3 Å². The fourth-order valence-corrected chi connectivity index (χ4v) is 5.45. The molecule has 4 aromatic rings.